The molecule has 1 fully saturated rings. The second-order valence-corrected chi connectivity index (χ2v) is 6.67. The molecule has 0 amide bonds. The summed E-state index contributed by atoms with van der Waals surface area (Å²) in [5, 5.41) is 8.78. The molecule has 1 saturated heterocycles. The fourth-order valence-corrected chi connectivity index (χ4v) is 3.07. The number of carbonyl (C=O) groups is 1. The number of anilines is 1. The highest BCUT2D eigenvalue weighted by Gasteiger charge is 2.13. The van der Waals surface area contributed by atoms with Crippen LogP contribution >= 0.6 is 0 Å². The first-order chi connectivity index (χ1) is 14.6. The Labute approximate surface area is 176 Å². The van der Waals surface area contributed by atoms with E-state index in [1.165, 1.54) is 16.3 Å². The highest BCUT2D eigenvalue weighted by Crippen LogP contribution is 2.13. The smallest absolute Gasteiger partial charge is 0.341 e. The van der Waals surface area contributed by atoms with E-state index in [2.05, 4.69) is 47.1 Å². The summed E-state index contributed by atoms with van der Waals surface area (Å²) in [4.78, 5) is 31.2. The molecule has 0 aromatic carbocycles. The third kappa shape index (κ3) is 6.02. The average molecular weight is 409 g/mol. The molecular formula is C23H28N4O3. The highest BCUT2D eigenvalue weighted by atomic mass is 16.4. The fraction of sp³-hybridized carbons (Fsp3) is 0.261. The standard InChI is InChI=1S/C11H9NO3.C10H15N3.C2H4/c13-10-9(11(14)15)6-5-8-4-2-1-3-7-12(8)10;1-12-6-8-13(9-7-12)10-2-4-11-5-3-10;1-2/h2-7H,1H2,(H,14,15);2-5H,6-9H2,1H3;1-2H2. The van der Waals surface area contributed by atoms with Crippen LogP contribution in [0.1, 0.15) is 22.5 Å². The monoisotopic (exact) mass is 408 g/mol. The van der Waals surface area contributed by atoms with Crippen molar-refractivity contribution in [2.75, 3.05) is 38.1 Å². The Bertz CT molecular complexity index is 943. The molecule has 7 nitrogen and oxygen atoms in total. The van der Waals surface area contributed by atoms with Gasteiger partial charge in [0.05, 0.1) is 0 Å². The Morgan fingerprint density at radius 1 is 1.03 bits per heavy atom. The number of carboxylic acid groups (broad SMARTS) is 1. The van der Waals surface area contributed by atoms with Gasteiger partial charge in [-0.2, -0.15) is 0 Å². The highest BCUT2D eigenvalue weighted by molar-refractivity contribution is 5.87. The molecule has 7 heteroatoms. The molecule has 0 spiro atoms. The van der Waals surface area contributed by atoms with Crippen LogP contribution in [0.25, 0.3) is 12.3 Å². The van der Waals surface area contributed by atoms with Gasteiger partial charge in [0.1, 0.15) is 5.56 Å². The number of aromatic nitrogens is 2. The first-order valence-corrected chi connectivity index (χ1v) is 9.72. The van der Waals surface area contributed by atoms with E-state index >= 15 is 0 Å². The van der Waals surface area contributed by atoms with E-state index in [0.717, 1.165) is 32.6 Å². The summed E-state index contributed by atoms with van der Waals surface area (Å²) in [7, 11) is 2.17. The lowest BCUT2D eigenvalue weighted by Gasteiger charge is -2.33. The van der Waals surface area contributed by atoms with Crippen LogP contribution in [0.3, 0.4) is 0 Å². The zero-order valence-electron chi connectivity index (χ0n) is 17.3. The van der Waals surface area contributed by atoms with Gasteiger partial charge in [-0.05, 0) is 43.8 Å². The molecule has 2 aliphatic heterocycles. The number of carboxylic acids is 1. The molecule has 0 unspecified atom stereocenters. The Hall–Kier alpha value is -3.45. The Morgan fingerprint density at radius 2 is 1.70 bits per heavy atom. The minimum Gasteiger partial charge on any atom is -0.477 e. The number of nitrogens with zero attached hydrogens (tertiary/aromatic N) is 4. The minimum absolute atomic E-state index is 0.210. The van der Waals surface area contributed by atoms with Crippen molar-refractivity contribution in [3.05, 3.63) is 83.6 Å². The number of aromatic carboxylic acids is 1. The van der Waals surface area contributed by atoms with E-state index in [4.69, 9.17) is 5.11 Å². The molecule has 2 aromatic heterocycles. The maximum atomic E-state index is 11.7. The van der Waals surface area contributed by atoms with Gasteiger partial charge in [-0.3, -0.25) is 14.3 Å². The van der Waals surface area contributed by atoms with Crippen LogP contribution in [-0.2, 0) is 0 Å². The van der Waals surface area contributed by atoms with Gasteiger partial charge >= 0.3 is 5.97 Å². The Morgan fingerprint density at radius 3 is 2.33 bits per heavy atom. The molecule has 4 heterocycles. The van der Waals surface area contributed by atoms with Crippen LogP contribution < -0.4 is 10.5 Å². The molecule has 4 rings (SSSR count). The van der Waals surface area contributed by atoms with Gasteiger partial charge in [0.15, 0.2) is 0 Å². The summed E-state index contributed by atoms with van der Waals surface area (Å²) in [6.07, 6.45) is 11.6. The predicted octanol–water partition coefficient (Wildman–Crippen LogP) is 3.07. The van der Waals surface area contributed by atoms with Crippen molar-refractivity contribution in [1.82, 2.24) is 14.5 Å². The summed E-state index contributed by atoms with van der Waals surface area (Å²) in [6, 6.07) is 7.10. The minimum atomic E-state index is -1.20. The van der Waals surface area contributed by atoms with Crippen LogP contribution in [0.15, 0.2) is 66.8 Å². The first kappa shape index (κ1) is 22.8. The maximum Gasteiger partial charge on any atom is 0.341 e. The van der Waals surface area contributed by atoms with Crippen LogP contribution in [0.5, 0.6) is 0 Å². The zero-order valence-corrected chi connectivity index (χ0v) is 17.3. The van der Waals surface area contributed by atoms with Crippen molar-refractivity contribution in [2.45, 2.75) is 6.42 Å². The van der Waals surface area contributed by atoms with E-state index in [-0.39, 0.29) is 5.56 Å². The number of allylic oxidation sites excluding steroid dienone is 2. The van der Waals surface area contributed by atoms with E-state index in [1.807, 2.05) is 18.5 Å². The Balaban J connectivity index is 0.000000199. The van der Waals surface area contributed by atoms with E-state index < -0.39 is 11.5 Å². The van der Waals surface area contributed by atoms with Gasteiger partial charge < -0.3 is 14.9 Å². The van der Waals surface area contributed by atoms with Crippen molar-refractivity contribution in [2.24, 2.45) is 0 Å². The van der Waals surface area contributed by atoms with Crippen LogP contribution in [-0.4, -0.2) is 58.8 Å². The topological polar surface area (TPSA) is 78.7 Å². The molecule has 0 aliphatic carbocycles. The van der Waals surface area contributed by atoms with Crippen molar-refractivity contribution >= 4 is 23.9 Å². The molecule has 2 aliphatic rings. The van der Waals surface area contributed by atoms with Gasteiger partial charge in [-0.25, -0.2) is 4.79 Å². The molecule has 0 saturated carbocycles. The number of hydrogen-bond acceptors (Lipinski definition) is 5. The van der Waals surface area contributed by atoms with E-state index in [9.17, 15) is 9.59 Å². The second-order valence-electron chi connectivity index (χ2n) is 6.67. The van der Waals surface area contributed by atoms with Gasteiger partial charge in [0.2, 0.25) is 0 Å². The van der Waals surface area contributed by atoms with Crippen molar-refractivity contribution in [1.29, 1.82) is 0 Å². The second kappa shape index (κ2) is 11.5. The Kier molecular flexibility index (Phi) is 8.77. The molecule has 0 atom stereocenters. The number of rotatable bonds is 2. The quantitative estimate of drug-likeness (QED) is 0.770. The number of pyridine rings is 2. The summed E-state index contributed by atoms with van der Waals surface area (Å²) >= 11 is 0. The van der Waals surface area contributed by atoms with Crippen LogP contribution in [0.4, 0.5) is 5.69 Å². The first-order valence-electron chi connectivity index (χ1n) is 9.72. The molecule has 0 bridgehead atoms. The van der Waals surface area contributed by atoms with E-state index in [1.54, 1.807) is 24.4 Å². The SMILES string of the molecule is C=C.CN1CCN(c2ccncc2)CC1.O=C(O)c1ccc2n(c1=O)C=CCC=C2. The van der Waals surface area contributed by atoms with Crippen molar-refractivity contribution in [3.63, 3.8) is 0 Å². The molecule has 30 heavy (non-hydrogen) atoms. The number of piperazine rings is 1. The molecule has 0 radical (unpaired) electrons. The van der Waals surface area contributed by atoms with Gasteiger partial charge in [-0.1, -0.05) is 12.2 Å². The lowest BCUT2D eigenvalue weighted by Crippen LogP contribution is -2.44. The molecule has 158 valence electrons. The predicted molar refractivity (Wildman–Crippen MR) is 122 cm³/mol. The molecule has 2 aromatic rings. The third-order valence-electron chi connectivity index (χ3n) is 4.72. The summed E-state index contributed by atoms with van der Waals surface area (Å²) in [5.41, 5.74) is 1.28. The van der Waals surface area contributed by atoms with Gasteiger partial charge in [0.25, 0.3) is 5.56 Å². The summed E-state index contributed by atoms with van der Waals surface area (Å²) < 4.78 is 1.34. The summed E-state index contributed by atoms with van der Waals surface area (Å²) in [5.74, 6) is -1.20. The van der Waals surface area contributed by atoms with Crippen LogP contribution in [0.2, 0.25) is 0 Å². The maximum absolute atomic E-state index is 11.7. The van der Waals surface area contributed by atoms with E-state index in [0.29, 0.717) is 5.69 Å². The van der Waals surface area contributed by atoms with Gasteiger partial charge in [-0.15, -0.1) is 13.2 Å². The van der Waals surface area contributed by atoms with Crippen LogP contribution in [0, 0.1) is 0 Å². The third-order valence-corrected chi connectivity index (χ3v) is 4.72. The zero-order chi connectivity index (χ0) is 21.9. The molecular weight excluding hydrogens is 380 g/mol. The summed E-state index contributed by atoms with van der Waals surface area (Å²) in [6.45, 7) is 10.6. The van der Waals surface area contributed by atoms with Crippen molar-refractivity contribution in [3.8, 4) is 0 Å². The fourth-order valence-electron chi connectivity index (χ4n) is 3.07. The number of hydrogen-bond donors (Lipinski definition) is 1. The number of fused-ring (bicyclic) bond motifs is 1. The lowest BCUT2D eigenvalue weighted by atomic mass is 10.2. The normalized spacial score (nSPS) is 15.0. The van der Waals surface area contributed by atoms with Crippen molar-refractivity contribution < 1.29 is 9.90 Å². The largest absolute Gasteiger partial charge is 0.477 e. The van der Waals surface area contributed by atoms with Gasteiger partial charge in [0, 0.05) is 56.2 Å². The average Bonchev–Trinajstić information content (AvgIpc) is 3.03. The number of likely N-dealkylation sites (N-methyl/N-ethyl adjacent to an activating group) is 1. The molecule has 1 N–H and O–H groups in total. The lowest BCUT2D eigenvalue weighted by molar-refractivity contribution is 0.0694.